The Balaban J connectivity index is 1.37. The Morgan fingerprint density at radius 3 is 2.76 bits per heavy atom. The molecule has 190 valence electrons. The van der Waals surface area contributed by atoms with E-state index in [1.807, 2.05) is 12.1 Å². The lowest BCUT2D eigenvalue weighted by Gasteiger charge is -2.15. The third kappa shape index (κ3) is 5.52. The van der Waals surface area contributed by atoms with Crippen LogP contribution in [0, 0.1) is 12.8 Å². The van der Waals surface area contributed by atoms with Gasteiger partial charge in [-0.2, -0.15) is 0 Å². The number of pyridine rings is 1. The van der Waals surface area contributed by atoms with Gasteiger partial charge < -0.3 is 9.84 Å². The van der Waals surface area contributed by atoms with Gasteiger partial charge in [-0.15, -0.1) is 0 Å². The molecule has 2 heterocycles. The number of carboxylic acid groups (broad SMARTS) is 1. The van der Waals surface area contributed by atoms with Crippen molar-refractivity contribution in [2.75, 3.05) is 6.61 Å². The van der Waals surface area contributed by atoms with Crippen LogP contribution < -0.4 is 10.3 Å². The minimum absolute atomic E-state index is 0.105. The molecule has 0 saturated heterocycles. The Morgan fingerprint density at radius 2 is 1.97 bits per heavy atom. The van der Waals surface area contributed by atoms with Crippen LogP contribution in [0.4, 0.5) is 0 Å². The molecule has 0 aliphatic heterocycles. The zero-order valence-corrected chi connectivity index (χ0v) is 21.4. The first-order chi connectivity index (χ1) is 17.9. The second-order valence-electron chi connectivity index (χ2n) is 9.54. The highest BCUT2D eigenvalue weighted by atomic mass is 35.5. The molecule has 8 heteroatoms. The summed E-state index contributed by atoms with van der Waals surface area (Å²) in [7, 11) is 0. The van der Waals surface area contributed by atoms with Crippen molar-refractivity contribution < 1.29 is 14.6 Å². The molecule has 0 bridgehead atoms. The van der Waals surface area contributed by atoms with Crippen LogP contribution in [-0.2, 0) is 13.0 Å². The highest BCUT2D eigenvalue weighted by molar-refractivity contribution is 6.31. The average molecular weight is 518 g/mol. The van der Waals surface area contributed by atoms with Gasteiger partial charge in [-0.05, 0) is 61.2 Å². The summed E-state index contributed by atoms with van der Waals surface area (Å²) in [6.07, 6.45) is 7.59. The van der Waals surface area contributed by atoms with E-state index in [-0.39, 0.29) is 17.7 Å². The fourth-order valence-corrected chi connectivity index (χ4v) is 5.26. The second kappa shape index (κ2) is 10.7. The van der Waals surface area contributed by atoms with Crippen LogP contribution in [0.5, 0.6) is 5.75 Å². The number of carboxylic acids is 1. The van der Waals surface area contributed by atoms with E-state index in [2.05, 4.69) is 9.97 Å². The van der Waals surface area contributed by atoms with Crippen molar-refractivity contribution in [2.45, 2.75) is 45.6 Å². The summed E-state index contributed by atoms with van der Waals surface area (Å²) in [4.78, 5) is 34.0. The number of aromatic carboxylic acids is 1. The van der Waals surface area contributed by atoms with Gasteiger partial charge in [0.05, 0.1) is 29.2 Å². The molecule has 1 aliphatic rings. The minimum atomic E-state index is -1.01. The van der Waals surface area contributed by atoms with Crippen molar-refractivity contribution in [3.8, 4) is 16.9 Å². The van der Waals surface area contributed by atoms with Gasteiger partial charge in [-0.25, -0.2) is 9.78 Å². The lowest BCUT2D eigenvalue weighted by Crippen LogP contribution is -2.26. The number of aryl methyl sites for hydroxylation is 1. The van der Waals surface area contributed by atoms with Crippen molar-refractivity contribution in [2.24, 2.45) is 5.92 Å². The van der Waals surface area contributed by atoms with E-state index in [0.717, 1.165) is 12.1 Å². The van der Waals surface area contributed by atoms with Crippen LogP contribution in [-0.4, -0.2) is 32.2 Å². The Bertz CT molecular complexity index is 1530. The van der Waals surface area contributed by atoms with E-state index in [0.29, 0.717) is 51.1 Å². The Hall–Kier alpha value is -3.71. The highest BCUT2D eigenvalue weighted by Gasteiger charge is 2.17. The number of hydrogen-bond acceptors (Lipinski definition) is 5. The zero-order chi connectivity index (χ0) is 25.9. The van der Waals surface area contributed by atoms with E-state index >= 15 is 0 Å². The summed E-state index contributed by atoms with van der Waals surface area (Å²) in [6.45, 7) is 2.34. The van der Waals surface area contributed by atoms with E-state index in [1.165, 1.54) is 31.7 Å². The Labute approximate surface area is 219 Å². The van der Waals surface area contributed by atoms with Gasteiger partial charge in [0.25, 0.3) is 5.56 Å². The summed E-state index contributed by atoms with van der Waals surface area (Å²) in [6, 6.07) is 13.7. The number of aromatic nitrogens is 3. The van der Waals surface area contributed by atoms with Crippen LogP contribution in [0.25, 0.3) is 22.0 Å². The average Bonchev–Trinajstić information content (AvgIpc) is 3.40. The first kappa shape index (κ1) is 25.0. The van der Waals surface area contributed by atoms with Gasteiger partial charge >= 0.3 is 5.97 Å². The lowest BCUT2D eigenvalue weighted by atomic mass is 10.0. The van der Waals surface area contributed by atoms with Crippen LogP contribution in [0.1, 0.15) is 47.6 Å². The highest BCUT2D eigenvalue weighted by Crippen LogP contribution is 2.33. The molecule has 1 fully saturated rings. The van der Waals surface area contributed by atoms with Gasteiger partial charge in [0, 0.05) is 16.3 Å². The summed E-state index contributed by atoms with van der Waals surface area (Å²) in [5.41, 5.74) is 2.98. The van der Waals surface area contributed by atoms with Gasteiger partial charge in [0.1, 0.15) is 18.2 Å². The van der Waals surface area contributed by atoms with Gasteiger partial charge in [0.2, 0.25) is 0 Å². The number of nitrogens with zero attached hydrogens (tertiary/aromatic N) is 3. The third-order valence-corrected chi connectivity index (χ3v) is 7.23. The van der Waals surface area contributed by atoms with Gasteiger partial charge in [-0.1, -0.05) is 49.4 Å². The van der Waals surface area contributed by atoms with Crippen LogP contribution in [0.3, 0.4) is 0 Å². The monoisotopic (exact) mass is 517 g/mol. The second-order valence-corrected chi connectivity index (χ2v) is 9.97. The van der Waals surface area contributed by atoms with E-state index in [1.54, 1.807) is 48.0 Å². The number of halogens is 1. The Morgan fingerprint density at radius 1 is 1.16 bits per heavy atom. The van der Waals surface area contributed by atoms with Gasteiger partial charge in [0.15, 0.2) is 0 Å². The fraction of sp³-hybridized carbons (Fsp3) is 0.310. The summed E-state index contributed by atoms with van der Waals surface area (Å²) >= 11 is 6.23. The topological polar surface area (TPSA) is 94.3 Å². The summed E-state index contributed by atoms with van der Waals surface area (Å²) in [5, 5.41) is 10.4. The number of ether oxygens (including phenoxy) is 1. The first-order valence-corrected chi connectivity index (χ1v) is 12.9. The van der Waals surface area contributed by atoms with Crippen molar-refractivity contribution >= 4 is 28.5 Å². The van der Waals surface area contributed by atoms with Gasteiger partial charge in [-0.3, -0.25) is 14.3 Å². The van der Waals surface area contributed by atoms with E-state index in [4.69, 9.17) is 16.3 Å². The molecule has 4 aromatic rings. The van der Waals surface area contributed by atoms with Crippen LogP contribution in [0.2, 0.25) is 5.02 Å². The van der Waals surface area contributed by atoms with Crippen molar-refractivity contribution in [3.05, 3.63) is 87.2 Å². The maximum absolute atomic E-state index is 13.4. The number of hydrogen-bond donors (Lipinski definition) is 1. The molecule has 0 amide bonds. The zero-order valence-electron chi connectivity index (χ0n) is 20.6. The van der Waals surface area contributed by atoms with E-state index < -0.39 is 5.97 Å². The Kier molecular flexibility index (Phi) is 7.24. The molecule has 0 spiro atoms. The predicted molar refractivity (Wildman–Crippen MR) is 144 cm³/mol. The van der Waals surface area contributed by atoms with Crippen molar-refractivity contribution in [3.63, 3.8) is 0 Å². The molecule has 0 unspecified atom stereocenters. The SMILES string of the molecule is Cc1nc2cnc(CC3CCCC3)cc2c(=O)n1CCOc1ccc(Cl)cc1-c1cccc(C(=O)O)c1. The fourth-order valence-electron chi connectivity index (χ4n) is 5.08. The molecule has 1 N–H and O–H groups in total. The molecule has 2 aromatic carbocycles. The molecule has 2 aromatic heterocycles. The summed E-state index contributed by atoms with van der Waals surface area (Å²) in [5.74, 6) is 0.779. The van der Waals surface area contributed by atoms with E-state index in [9.17, 15) is 14.7 Å². The van der Waals surface area contributed by atoms with Crippen molar-refractivity contribution in [1.82, 2.24) is 14.5 Å². The smallest absolute Gasteiger partial charge is 0.335 e. The number of rotatable bonds is 8. The number of carbonyl (C=O) groups is 1. The molecule has 5 rings (SSSR count). The van der Waals surface area contributed by atoms with Crippen LogP contribution in [0.15, 0.2) is 59.5 Å². The molecule has 0 atom stereocenters. The maximum Gasteiger partial charge on any atom is 0.335 e. The lowest BCUT2D eigenvalue weighted by molar-refractivity contribution is 0.0697. The first-order valence-electron chi connectivity index (χ1n) is 12.5. The molecular formula is C29H28ClN3O4. The standard InChI is InChI=1S/C29H28ClN3O4/c1-18-32-26-17-31-23(13-19-5-2-3-6-19)16-25(26)28(34)33(18)11-12-37-27-10-9-22(30)15-24(27)20-7-4-8-21(14-20)29(35)36/h4,7-10,14-17,19H,2-3,5-6,11-13H2,1H3,(H,35,36). The normalized spacial score (nSPS) is 13.8. The molecule has 37 heavy (non-hydrogen) atoms. The molecule has 7 nitrogen and oxygen atoms in total. The quantitative estimate of drug-likeness (QED) is 0.311. The molecule has 1 saturated carbocycles. The largest absolute Gasteiger partial charge is 0.491 e. The minimum Gasteiger partial charge on any atom is -0.491 e. The number of fused-ring (bicyclic) bond motifs is 1. The summed E-state index contributed by atoms with van der Waals surface area (Å²) < 4.78 is 7.71. The van der Waals surface area contributed by atoms with Crippen LogP contribution >= 0.6 is 11.6 Å². The maximum atomic E-state index is 13.4. The molecule has 0 radical (unpaired) electrons. The number of benzene rings is 2. The molecule has 1 aliphatic carbocycles. The predicted octanol–water partition coefficient (Wildman–Crippen LogP) is 5.93. The third-order valence-electron chi connectivity index (χ3n) is 7.00. The van der Waals surface area contributed by atoms with Crippen molar-refractivity contribution in [1.29, 1.82) is 0 Å². The molecular weight excluding hydrogens is 490 g/mol.